The summed E-state index contributed by atoms with van der Waals surface area (Å²) in [6.07, 6.45) is 8.89. The number of hydrogen-bond donors (Lipinski definition) is 0. The standard InChI is InChI=1S/C43H49N2O4.BrH/c1-7-48-38(46)22-14-28-44-34-26-24-30-16-9-11-18-32(30)40(34)42(3,4)36(44)20-13-21-37-43(5,6)41-33-19-12-10-17-31(33)25-27-35(41)45(37)29-15-23-39(47)49-8-2;/h9-13,16-21,24-27H,7-8,14-15,22-23,28-29H2,1-6H3;1H/q+1;/p-1. The number of esters is 2. The second kappa shape index (κ2) is 15.3. The Labute approximate surface area is 307 Å². The lowest BCUT2D eigenvalue weighted by Crippen LogP contribution is -3.00. The first-order valence-corrected chi connectivity index (χ1v) is 17.8. The van der Waals surface area contributed by atoms with Crippen LogP contribution in [0.2, 0.25) is 0 Å². The molecule has 0 aliphatic carbocycles. The summed E-state index contributed by atoms with van der Waals surface area (Å²) in [7, 11) is 0. The van der Waals surface area contributed by atoms with Gasteiger partial charge in [-0.2, -0.15) is 4.58 Å². The second-order valence-electron chi connectivity index (χ2n) is 14.0. The monoisotopic (exact) mass is 736 g/mol. The molecule has 0 bridgehead atoms. The molecule has 6 nitrogen and oxygen atoms in total. The van der Waals surface area contributed by atoms with Crippen molar-refractivity contribution >= 4 is 50.6 Å². The summed E-state index contributed by atoms with van der Waals surface area (Å²) in [6.45, 7) is 15.1. The van der Waals surface area contributed by atoms with E-state index in [-0.39, 0.29) is 39.8 Å². The Morgan fingerprint density at radius 2 is 1.32 bits per heavy atom. The number of anilines is 1. The molecular formula is C43H49BrN2O4. The van der Waals surface area contributed by atoms with E-state index in [0.29, 0.717) is 52.0 Å². The number of carbonyl (C=O) groups excluding carboxylic acids is 2. The van der Waals surface area contributed by atoms with Crippen LogP contribution in [0.5, 0.6) is 0 Å². The number of allylic oxidation sites excluding steroid dienone is 4. The van der Waals surface area contributed by atoms with Gasteiger partial charge in [0.15, 0.2) is 5.71 Å². The molecule has 7 heteroatoms. The molecule has 0 saturated carbocycles. The van der Waals surface area contributed by atoms with Gasteiger partial charge in [0.05, 0.1) is 25.0 Å². The van der Waals surface area contributed by atoms with Crippen molar-refractivity contribution in [3.63, 3.8) is 0 Å². The third kappa shape index (κ3) is 6.89. The minimum absolute atomic E-state index is 0. The van der Waals surface area contributed by atoms with Gasteiger partial charge >= 0.3 is 11.9 Å². The highest BCUT2D eigenvalue weighted by Crippen LogP contribution is 2.51. The zero-order valence-corrected chi connectivity index (χ0v) is 31.8. The molecule has 4 aromatic rings. The quantitative estimate of drug-likeness (QED) is 0.126. The first-order chi connectivity index (χ1) is 23.6. The van der Waals surface area contributed by atoms with E-state index in [2.05, 4.69) is 128 Å². The van der Waals surface area contributed by atoms with E-state index >= 15 is 0 Å². The minimum Gasteiger partial charge on any atom is -1.00 e. The molecule has 6 rings (SSSR count). The van der Waals surface area contributed by atoms with Crippen molar-refractivity contribution in [3.05, 3.63) is 108 Å². The van der Waals surface area contributed by atoms with Gasteiger partial charge in [-0.25, -0.2) is 0 Å². The molecule has 2 heterocycles. The zero-order valence-electron chi connectivity index (χ0n) is 30.2. The average Bonchev–Trinajstić information content (AvgIpc) is 3.43. The summed E-state index contributed by atoms with van der Waals surface area (Å²) in [4.78, 5) is 27.0. The van der Waals surface area contributed by atoms with Crippen LogP contribution in [0.3, 0.4) is 0 Å². The Hall–Kier alpha value is -4.23. The number of fused-ring (bicyclic) bond motifs is 6. The molecule has 0 saturated heterocycles. The van der Waals surface area contributed by atoms with Crippen LogP contribution in [0.4, 0.5) is 11.4 Å². The number of halogens is 1. The molecule has 262 valence electrons. The smallest absolute Gasteiger partial charge is 0.306 e. The molecule has 0 spiro atoms. The number of carbonyl (C=O) groups is 2. The van der Waals surface area contributed by atoms with Gasteiger partial charge in [-0.3, -0.25) is 9.59 Å². The van der Waals surface area contributed by atoms with E-state index in [0.717, 1.165) is 0 Å². The summed E-state index contributed by atoms with van der Waals surface area (Å²) in [5.41, 5.74) is 6.89. The highest BCUT2D eigenvalue weighted by Gasteiger charge is 2.46. The first-order valence-electron chi connectivity index (χ1n) is 17.8. The summed E-state index contributed by atoms with van der Waals surface area (Å²) < 4.78 is 12.9. The fraction of sp³-hybridized carbons (Fsp3) is 0.372. The minimum atomic E-state index is -0.265. The van der Waals surface area contributed by atoms with Gasteiger partial charge in [-0.1, -0.05) is 74.5 Å². The van der Waals surface area contributed by atoms with Gasteiger partial charge in [-0.05, 0) is 79.4 Å². The molecular weight excluding hydrogens is 688 g/mol. The number of benzene rings is 4. The van der Waals surface area contributed by atoms with Crippen LogP contribution in [0.15, 0.2) is 96.7 Å². The predicted octanol–water partition coefficient (Wildman–Crippen LogP) is 6.30. The van der Waals surface area contributed by atoms with Gasteiger partial charge in [-0.15, -0.1) is 0 Å². The summed E-state index contributed by atoms with van der Waals surface area (Å²) in [6, 6.07) is 26.1. The van der Waals surface area contributed by atoms with E-state index in [9.17, 15) is 9.59 Å². The Kier molecular flexibility index (Phi) is 11.4. The highest BCUT2D eigenvalue weighted by atomic mass is 79.9. The molecule has 0 radical (unpaired) electrons. The van der Waals surface area contributed by atoms with Gasteiger partial charge in [0.2, 0.25) is 5.69 Å². The number of hydrogen-bond acceptors (Lipinski definition) is 5. The van der Waals surface area contributed by atoms with Crippen molar-refractivity contribution in [1.82, 2.24) is 0 Å². The maximum Gasteiger partial charge on any atom is 0.306 e. The van der Waals surface area contributed by atoms with Gasteiger partial charge in [0, 0.05) is 53.9 Å². The molecule has 0 amide bonds. The molecule has 0 N–H and O–H groups in total. The molecule has 2 aliphatic rings. The third-order valence-corrected chi connectivity index (χ3v) is 10.2. The fourth-order valence-electron chi connectivity index (χ4n) is 8.01. The normalized spacial score (nSPS) is 16.6. The maximum atomic E-state index is 12.3. The van der Waals surface area contributed by atoms with Crippen molar-refractivity contribution in [1.29, 1.82) is 0 Å². The highest BCUT2D eigenvalue weighted by molar-refractivity contribution is 6.07. The average molecular weight is 738 g/mol. The second-order valence-corrected chi connectivity index (χ2v) is 14.0. The van der Waals surface area contributed by atoms with Gasteiger partial charge < -0.3 is 31.4 Å². The first kappa shape index (κ1) is 37.0. The zero-order chi connectivity index (χ0) is 34.8. The SMILES string of the molecule is CCOC(=O)CCCN1/C(=C\C=C\C2=[N+](CCCC(=O)OCC)c3ccc4ccccc4c3C2(C)C)C(C)(C)c2c1ccc1ccccc21.[Br-]. The molecule has 0 aromatic heterocycles. The van der Waals surface area contributed by atoms with E-state index in [4.69, 9.17) is 9.47 Å². The molecule has 0 atom stereocenters. The summed E-state index contributed by atoms with van der Waals surface area (Å²) >= 11 is 0. The summed E-state index contributed by atoms with van der Waals surface area (Å²) in [5, 5.41) is 4.97. The fourth-order valence-corrected chi connectivity index (χ4v) is 8.01. The van der Waals surface area contributed by atoms with E-state index in [1.54, 1.807) is 0 Å². The maximum absolute atomic E-state index is 12.3. The van der Waals surface area contributed by atoms with Crippen LogP contribution in [-0.2, 0) is 29.9 Å². The topological polar surface area (TPSA) is 58.8 Å². The van der Waals surface area contributed by atoms with Crippen LogP contribution in [-0.4, -0.2) is 48.5 Å². The van der Waals surface area contributed by atoms with Crippen molar-refractivity contribution in [3.8, 4) is 0 Å². The number of rotatable bonds is 12. The molecule has 0 fully saturated rings. The Balaban J connectivity index is 0.00000486. The van der Waals surface area contributed by atoms with Crippen LogP contribution < -0.4 is 21.9 Å². The Morgan fingerprint density at radius 3 is 1.96 bits per heavy atom. The van der Waals surface area contributed by atoms with E-state index in [1.165, 1.54) is 55.5 Å². The molecule has 0 unspecified atom stereocenters. The lowest BCUT2D eigenvalue weighted by Gasteiger charge is -2.27. The van der Waals surface area contributed by atoms with Gasteiger partial charge in [0.25, 0.3) is 0 Å². The van der Waals surface area contributed by atoms with Gasteiger partial charge in [0.1, 0.15) is 6.54 Å². The van der Waals surface area contributed by atoms with Crippen LogP contribution in [0.1, 0.15) is 78.4 Å². The number of nitrogens with zero attached hydrogens (tertiary/aromatic N) is 2. The Morgan fingerprint density at radius 1 is 0.740 bits per heavy atom. The van der Waals surface area contributed by atoms with Crippen LogP contribution >= 0.6 is 0 Å². The van der Waals surface area contributed by atoms with Crippen molar-refractivity contribution in [2.45, 2.75) is 78.1 Å². The van der Waals surface area contributed by atoms with Crippen molar-refractivity contribution in [2.24, 2.45) is 0 Å². The lowest BCUT2D eigenvalue weighted by molar-refractivity contribution is -0.438. The van der Waals surface area contributed by atoms with E-state index in [1.807, 2.05) is 13.8 Å². The van der Waals surface area contributed by atoms with Crippen molar-refractivity contribution < 1.29 is 40.6 Å². The molecule has 2 aliphatic heterocycles. The lowest BCUT2D eigenvalue weighted by atomic mass is 9.79. The third-order valence-electron chi connectivity index (χ3n) is 10.2. The molecule has 4 aromatic carbocycles. The van der Waals surface area contributed by atoms with E-state index < -0.39 is 0 Å². The Bertz CT molecular complexity index is 2010. The summed E-state index contributed by atoms with van der Waals surface area (Å²) in [5.74, 6) is -0.305. The largest absolute Gasteiger partial charge is 1.00 e. The van der Waals surface area contributed by atoms with Crippen molar-refractivity contribution in [2.75, 3.05) is 31.2 Å². The predicted molar refractivity (Wildman–Crippen MR) is 200 cm³/mol. The van der Waals surface area contributed by atoms with Crippen LogP contribution in [0, 0.1) is 0 Å². The number of ether oxygens (including phenoxy) is 2. The van der Waals surface area contributed by atoms with Crippen LogP contribution in [0.25, 0.3) is 21.5 Å². The molecule has 50 heavy (non-hydrogen) atoms.